The summed E-state index contributed by atoms with van der Waals surface area (Å²) >= 11 is 0. The van der Waals surface area contributed by atoms with Crippen molar-refractivity contribution in [3.8, 4) is 0 Å². The number of carbonyl (C=O) groups is 4. The minimum Gasteiger partial charge on any atom is -0.462 e. The Morgan fingerprint density at radius 1 is 0.243 bits per heavy atom. The van der Waals surface area contributed by atoms with E-state index in [1.165, 1.54) is 353 Å². The highest BCUT2D eigenvalue weighted by atomic mass is 31.2. The Morgan fingerprint density at radius 3 is 0.617 bits per heavy atom. The first-order valence-electron chi connectivity index (χ1n) is 49.7. The zero-order valence-corrected chi connectivity index (χ0v) is 77.7. The van der Waals surface area contributed by atoms with E-state index in [4.69, 9.17) is 37.0 Å². The lowest BCUT2D eigenvalue weighted by Crippen LogP contribution is -2.30. The third kappa shape index (κ3) is 88.2. The van der Waals surface area contributed by atoms with Gasteiger partial charge in [0.15, 0.2) is 12.2 Å². The molecule has 0 bridgehead atoms. The van der Waals surface area contributed by atoms with Crippen molar-refractivity contribution in [1.82, 2.24) is 0 Å². The van der Waals surface area contributed by atoms with Gasteiger partial charge in [-0.15, -0.1) is 0 Å². The van der Waals surface area contributed by atoms with E-state index in [2.05, 4.69) is 34.6 Å². The van der Waals surface area contributed by atoms with Crippen LogP contribution in [0.4, 0.5) is 0 Å². The van der Waals surface area contributed by atoms with Crippen molar-refractivity contribution in [3.05, 3.63) is 0 Å². The maximum absolute atomic E-state index is 13.2. The molecule has 0 saturated heterocycles. The van der Waals surface area contributed by atoms with E-state index < -0.39 is 97.5 Å². The lowest BCUT2D eigenvalue weighted by atomic mass is 9.99. The van der Waals surface area contributed by atoms with Crippen LogP contribution in [0.15, 0.2) is 0 Å². The van der Waals surface area contributed by atoms with Crippen LogP contribution in [0.2, 0.25) is 0 Å². The summed E-state index contributed by atoms with van der Waals surface area (Å²) in [5, 5.41) is 10.7. The first-order valence-corrected chi connectivity index (χ1v) is 52.7. The second-order valence-corrected chi connectivity index (χ2v) is 37.6. The van der Waals surface area contributed by atoms with Crippen LogP contribution in [-0.4, -0.2) is 96.7 Å². The molecule has 19 heteroatoms. The van der Waals surface area contributed by atoms with Gasteiger partial charge in [-0.3, -0.25) is 37.3 Å². The number of hydrogen-bond acceptors (Lipinski definition) is 15. The second kappa shape index (κ2) is 88.4. The Labute approximate surface area is 708 Å². The highest BCUT2D eigenvalue weighted by Crippen LogP contribution is 2.45. The van der Waals surface area contributed by atoms with Crippen LogP contribution in [0.25, 0.3) is 0 Å². The molecule has 0 aliphatic heterocycles. The Balaban J connectivity index is 5.22. The number of carbonyl (C=O) groups excluding carboxylic acids is 4. The van der Waals surface area contributed by atoms with Gasteiger partial charge in [0.2, 0.25) is 0 Å². The molecule has 0 heterocycles. The van der Waals surface area contributed by atoms with Gasteiger partial charge in [0.05, 0.1) is 26.4 Å². The molecule has 0 rings (SSSR count). The average molecular weight is 1680 g/mol. The van der Waals surface area contributed by atoms with Crippen LogP contribution in [0.3, 0.4) is 0 Å². The predicted octanol–water partition coefficient (Wildman–Crippen LogP) is 30.3. The lowest BCUT2D eigenvalue weighted by Gasteiger charge is -2.21. The lowest BCUT2D eigenvalue weighted by molar-refractivity contribution is -0.161. The van der Waals surface area contributed by atoms with E-state index in [-0.39, 0.29) is 25.7 Å². The maximum atomic E-state index is 13.2. The smallest absolute Gasteiger partial charge is 0.462 e. The van der Waals surface area contributed by atoms with E-state index in [9.17, 15) is 43.2 Å². The van der Waals surface area contributed by atoms with Crippen LogP contribution in [-0.2, 0) is 65.4 Å². The molecule has 0 fully saturated rings. The van der Waals surface area contributed by atoms with Crippen molar-refractivity contribution in [2.75, 3.05) is 39.6 Å². The molecule has 0 saturated carbocycles. The molecule has 3 unspecified atom stereocenters. The molecule has 0 aliphatic carbocycles. The van der Waals surface area contributed by atoms with Gasteiger partial charge < -0.3 is 33.8 Å². The molecular formula is C96H188O17P2. The zero-order chi connectivity index (χ0) is 84.0. The molecule has 115 heavy (non-hydrogen) atoms. The van der Waals surface area contributed by atoms with Gasteiger partial charge in [-0.25, -0.2) is 9.13 Å². The van der Waals surface area contributed by atoms with Crippen LogP contribution < -0.4 is 0 Å². The van der Waals surface area contributed by atoms with E-state index >= 15 is 0 Å². The second-order valence-electron chi connectivity index (χ2n) is 34.7. The molecule has 0 amide bonds. The summed E-state index contributed by atoms with van der Waals surface area (Å²) in [4.78, 5) is 73.6. The third-order valence-electron chi connectivity index (χ3n) is 23.1. The first-order chi connectivity index (χ1) is 56.1. The fourth-order valence-electron chi connectivity index (χ4n) is 15.2. The van der Waals surface area contributed by atoms with Crippen LogP contribution in [0.5, 0.6) is 0 Å². The van der Waals surface area contributed by atoms with E-state index in [1.807, 2.05) is 0 Å². The summed E-state index contributed by atoms with van der Waals surface area (Å²) in [6, 6.07) is 0. The van der Waals surface area contributed by atoms with Crippen molar-refractivity contribution >= 4 is 39.5 Å². The van der Waals surface area contributed by atoms with E-state index in [0.717, 1.165) is 95.8 Å². The molecule has 684 valence electrons. The molecule has 17 nitrogen and oxygen atoms in total. The summed E-state index contributed by atoms with van der Waals surface area (Å²) in [5.41, 5.74) is 0. The minimum absolute atomic E-state index is 0.110. The summed E-state index contributed by atoms with van der Waals surface area (Å²) in [6.07, 6.45) is 86.3. The number of esters is 4. The van der Waals surface area contributed by atoms with E-state index in [1.54, 1.807) is 0 Å². The summed E-state index contributed by atoms with van der Waals surface area (Å²) in [7, 11) is -9.94. The topological polar surface area (TPSA) is 237 Å². The molecule has 0 aliphatic rings. The number of phosphoric ester groups is 2. The number of phosphoric acid groups is 2. The largest absolute Gasteiger partial charge is 0.472 e. The van der Waals surface area contributed by atoms with Crippen molar-refractivity contribution in [2.24, 2.45) is 5.92 Å². The fourth-order valence-corrected chi connectivity index (χ4v) is 16.8. The standard InChI is InChI=1S/C96H188O17P2/c1-6-10-13-16-19-22-25-27-29-31-33-35-36-38-42-46-50-55-60-65-70-75-80-94(99)107-86-92(113-96(101)82-77-72-67-62-57-52-48-44-40-39-41-45-49-54-58-63-68-73-78-89(5)9-4)88-111-115(104,105)109-84-90(97)83-108-114(102,103)110-87-91(85-106-93(98)79-74-69-64-59-53-24-21-18-15-12-8-3)112-95(100)81-76-71-66-61-56-51-47-43-37-34-32-30-28-26-23-20-17-14-11-7-2/h89-92,97H,6-88H2,1-5H3,(H,102,103)(H,104,105)/t89?,90-,91+,92+/m0/s1. The normalized spacial score (nSPS) is 13.8. The van der Waals surface area contributed by atoms with Gasteiger partial charge in [-0.05, 0) is 31.6 Å². The zero-order valence-electron chi connectivity index (χ0n) is 76.0. The van der Waals surface area contributed by atoms with Gasteiger partial charge in [-0.1, -0.05) is 478 Å². The summed E-state index contributed by atoms with van der Waals surface area (Å²) in [6.45, 7) is 7.48. The molecule has 6 atom stereocenters. The minimum atomic E-state index is -4.97. The number of aliphatic hydroxyl groups excluding tert-OH is 1. The van der Waals surface area contributed by atoms with Crippen LogP contribution >= 0.6 is 15.6 Å². The van der Waals surface area contributed by atoms with Gasteiger partial charge in [0.25, 0.3) is 0 Å². The molecule has 0 radical (unpaired) electrons. The maximum Gasteiger partial charge on any atom is 0.472 e. The molecule has 3 N–H and O–H groups in total. The van der Waals surface area contributed by atoms with Gasteiger partial charge in [0, 0.05) is 25.7 Å². The number of rotatable bonds is 96. The molecule has 0 spiro atoms. The monoisotopic (exact) mass is 1680 g/mol. The summed E-state index contributed by atoms with van der Waals surface area (Å²) < 4.78 is 69.2. The van der Waals surface area contributed by atoms with Crippen molar-refractivity contribution in [1.29, 1.82) is 0 Å². The van der Waals surface area contributed by atoms with Crippen LogP contribution in [0.1, 0.15) is 529 Å². The molecule has 0 aromatic carbocycles. The van der Waals surface area contributed by atoms with Gasteiger partial charge in [-0.2, -0.15) is 0 Å². The SMILES string of the molecule is CCCCCCCCCCCCCCCCCCCCCCCCC(=O)OC[C@H](COP(=O)(O)OC[C@@H](O)COP(=O)(O)OC[C@@H](COC(=O)CCCCCCCCCCCCC)OC(=O)CCCCCCCCCCCCCCCCCCCCCC)OC(=O)CCCCCCCCCCCCCCCCCCCCC(C)CC. The van der Waals surface area contributed by atoms with Crippen molar-refractivity contribution in [2.45, 2.75) is 547 Å². The Morgan fingerprint density at radius 2 is 0.417 bits per heavy atom. The molecule has 0 aromatic rings. The molecular weight excluding hydrogens is 1490 g/mol. The highest BCUT2D eigenvalue weighted by Gasteiger charge is 2.31. The Hall–Kier alpha value is -1.94. The highest BCUT2D eigenvalue weighted by molar-refractivity contribution is 7.47. The van der Waals surface area contributed by atoms with Gasteiger partial charge in [0.1, 0.15) is 19.3 Å². The Kier molecular flexibility index (Phi) is 86.9. The average Bonchev–Trinajstić information content (AvgIpc) is 0.896. The first kappa shape index (κ1) is 113. The van der Waals surface area contributed by atoms with Gasteiger partial charge >= 0.3 is 39.5 Å². The van der Waals surface area contributed by atoms with Crippen molar-refractivity contribution in [3.63, 3.8) is 0 Å². The Bertz CT molecular complexity index is 2170. The quantitative estimate of drug-likeness (QED) is 0.0222. The predicted molar refractivity (Wildman–Crippen MR) is 479 cm³/mol. The number of hydrogen-bond donors (Lipinski definition) is 3. The summed E-state index contributed by atoms with van der Waals surface area (Å²) in [5.74, 6) is -1.22. The van der Waals surface area contributed by atoms with E-state index in [0.29, 0.717) is 25.7 Å². The fraction of sp³-hybridized carbons (Fsp3) is 0.958. The number of ether oxygens (including phenoxy) is 4. The van der Waals surface area contributed by atoms with Crippen molar-refractivity contribution < 1.29 is 80.2 Å². The third-order valence-corrected chi connectivity index (χ3v) is 25.0. The molecule has 0 aromatic heterocycles. The van der Waals surface area contributed by atoms with Crippen LogP contribution in [0, 0.1) is 5.92 Å². The number of aliphatic hydroxyl groups is 1. The number of unbranched alkanes of at least 4 members (excludes halogenated alkanes) is 67.